The fourth-order valence-electron chi connectivity index (χ4n) is 1.93. The van der Waals surface area contributed by atoms with Crippen LogP contribution in [0.3, 0.4) is 0 Å². The Morgan fingerprint density at radius 3 is 2.84 bits per heavy atom. The number of aliphatic hydroxyl groups excluding tert-OH is 1. The van der Waals surface area contributed by atoms with Gasteiger partial charge in [0.25, 0.3) is 0 Å². The Labute approximate surface area is 115 Å². The molecular weight excluding hydrogens is 242 g/mol. The summed E-state index contributed by atoms with van der Waals surface area (Å²) in [6.45, 7) is 4.64. The highest BCUT2D eigenvalue weighted by Crippen LogP contribution is 2.12. The number of likely N-dealkylation sites (N-methyl/N-ethyl adjacent to an activating group) is 1. The molecule has 0 saturated carbocycles. The van der Waals surface area contributed by atoms with Gasteiger partial charge in [-0.05, 0) is 38.1 Å². The maximum atomic E-state index is 9.59. The molecule has 0 radical (unpaired) electrons. The Morgan fingerprint density at radius 1 is 1.37 bits per heavy atom. The fraction of sp³-hybridized carbons (Fsp3) is 0.600. The van der Waals surface area contributed by atoms with Crippen LogP contribution >= 0.6 is 0 Å². The molecule has 1 aromatic rings. The van der Waals surface area contributed by atoms with Crippen molar-refractivity contribution in [2.45, 2.75) is 19.4 Å². The van der Waals surface area contributed by atoms with Crippen LogP contribution in [0.2, 0.25) is 0 Å². The second kappa shape index (κ2) is 8.91. The highest BCUT2D eigenvalue weighted by atomic mass is 16.5. The van der Waals surface area contributed by atoms with E-state index in [0.29, 0.717) is 19.8 Å². The predicted octanol–water partition coefficient (Wildman–Crippen LogP) is 1.70. The molecule has 0 fully saturated rings. The van der Waals surface area contributed by atoms with Crippen molar-refractivity contribution in [3.8, 4) is 5.75 Å². The number of benzene rings is 1. The van der Waals surface area contributed by atoms with E-state index in [2.05, 4.69) is 17.9 Å². The van der Waals surface area contributed by atoms with Crippen LogP contribution in [0, 0.1) is 6.92 Å². The molecule has 1 aromatic carbocycles. The first kappa shape index (κ1) is 16.0. The summed E-state index contributed by atoms with van der Waals surface area (Å²) in [7, 11) is 3.59. The van der Waals surface area contributed by atoms with Gasteiger partial charge in [-0.25, -0.2) is 0 Å². The molecule has 4 nitrogen and oxygen atoms in total. The molecular formula is C15H25NO3. The predicted molar refractivity (Wildman–Crippen MR) is 76.7 cm³/mol. The van der Waals surface area contributed by atoms with E-state index in [4.69, 9.17) is 9.47 Å². The Balaban J connectivity index is 2.13. The largest absolute Gasteiger partial charge is 0.494 e. The van der Waals surface area contributed by atoms with Gasteiger partial charge in [0.15, 0.2) is 0 Å². The molecule has 108 valence electrons. The van der Waals surface area contributed by atoms with E-state index in [1.807, 2.05) is 25.2 Å². The van der Waals surface area contributed by atoms with Gasteiger partial charge in [-0.15, -0.1) is 0 Å². The molecule has 1 atom stereocenters. The first-order chi connectivity index (χ1) is 9.11. The number of methoxy groups -OCH3 is 1. The molecule has 1 unspecified atom stereocenters. The Hall–Kier alpha value is -1.10. The third-order valence-corrected chi connectivity index (χ3v) is 2.82. The van der Waals surface area contributed by atoms with Gasteiger partial charge in [0.05, 0.1) is 19.3 Å². The first-order valence-corrected chi connectivity index (χ1v) is 6.67. The summed E-state index contributed by atoms with van der Waals surface area (Å²) in [5.74, 6) is 0.919. The number of nitrogens with zero attached hydrogens (tertiary/aromatic N) is 1. The summed E-state index contributed by atoms with van der Waals surface area (Å²) < 4.78 is 10.6. The molecule has 1 rings (SSSR count). The molecule has 0 aliphatic rings. The Morgan fingerprint density at radius 2 is 2.16 bits per heavy atom. The van der Waals surface area contributed by atoms with Gasteiger partial charge in [-0.3, -0.25) is 0 Å². The standard InChI is InChI=1S/C15H25NO3/c1-13-6-4-7-15(10-13)19-9-5-8-16(2)11-14(17)12-18-3/h4,6-7,10,14,17H,5,8-9,11-12H2,1-3H3. The maximum Gasteiger partial charge on any atom is 0.119 e. The van der Waals surface area contributed by atoms with Crippen LogP contribution in [0.15, 0.2) is 24.3 Å². The average Bonchev–Trinajstić information content (AvgIpc) is 2.35. The zero-order valence-electron chi connectivity index (χ0n) is 12.1. The number of ether oxygens (including phenoxy) is 2. The molecule has 0 aliphatic heterocycles. The second-order valence-electron chi connectivity index (χ2n) is 4.89. The van der Waals surface area contributed by atoms with Gasteiger partial charge >= 0.3 is 0 Å². The lowest BCUT2D eigenvalue weighted by Crippen LogP contribution is -2.33. The molecule has 0 aromatic heterocycles. The zero-order chi connectivity index (χ0) is 14.1. The quantitative estimate of drug-likeness (QED) is 0.692. The number of hydrogen-bond donors (Lipinski definition) is 1. The van der Waals surface area contributed by atoms with E-state index in [9.17, 15) is 5.11 Å². The van der Waals surface area contributed by atoms with Crippen molar-refractivity contribution in [2.75, 3.05) is 40.5 Å². The molecule has 0 saturated heterocycles. The summed E-state index contributed by atoms with van der Waals surface area (Å²) >= 11 is 0. The molecule has 0 amide bonds. The average molecular weight is 267 g/mol. The van der Waals surface area contributed by atoms with Gasteiger partial charge < -0.3 is 19.5 Å². The lowest BCUT2D eigenvalue weighted by molar-refractivity contribution is 0.0424. The monoisotopic (exact) mass is 267 g/mol. The van der Waals surface area contributed by atoms with Crippen molar-refractivity contribution in [1.82, 2.24) is 4.90 Å². The minimum absolute atomic E-state index is 0.379. The van der Waals surface area contributed by atoms with Crippen molar-refractivity contribution in [3.05, 3.63) is 29.8 Å². The normalized spacial score (nSPS) is 12.7. The van der Waals surface area contributed by atoms with Crippen LogP contribution in [0.1, 0.15) is 12.0 Å². The fourth-order valence-corrected chi connectivity index (χ4v) is 1.93. The topological polar surface area (TPSA) is 41.9 Å². The molecule has 1 N–H and O–H groups in total. The number of aliphatic hydroxyl groups is 1. The van der Waals surface area contributed by atoms with E-state index in [1.54, 1.807) is 7.11 Å². The Bertz CT molecular complexity index is 357. The van der Waals surface area contributed by atoms with E-state index in [0.717, 1.165) is 18.7 Å². The highest BCUT2D eigenvalue weighted by Gasteiger charge is 2.07. The first-order valence-electron chi connectivity index (χ1n) is 6.67. The van der Waals surface area contributed by atoms with Crippen LogP contribution in [0.25, 0.3) is 0 Å². The van der Waals surface area contributed by atoms with Gasteiger partial charge in [0.2, 0.25) is 0 Å². The van der Waals surface area contributed by atoms with Crippen molar-refractivity contribution in [1.29, 1.82) is 0 Å². The third kappa shape index (κ3) is 7.15. The SMILES string of the molecule is COCC(O)CN(C)CCCOc1cccc(C)c1. The van der Waals surface area contributed by atoms with Crippen molar-refractivity contribution in [2.24, 2.45) is 0 Å². The Kier molecular flexibility index (Phi) is 7.48. The summed E-state index contributed by atoms with van der Waals surface area (Å²) in [6.07, 6.45) is 0.511. The van der Waals surface area contributed by atoms with Crippen molar-refractivity contribution >= 4 is 0 Å². The summed E-state index contributed by atoms with van der Waals surface area (Å²) in [6, 6.07) is 8.06. The van der Waals surface area contributed by atoms with Crippen LogP contribution in [-0.2, 0) is 4.74 Å². The van der Waals surface area contributed by atoms with E-state index >= 15 is 0 Å². The molecule has 19 heavy (non-hydrogen) atoms. The molecule has 0 heterocycles. The lowest BCUT2D eigenvalue weighted by Gasteiger charge is -2.20. The number of hydrogen-bond acceptors (Lipinski definition) is 4. The molecule has 0 spiro atoms. The van der Waals surface area contributed by atoms with E-state index < -0.39 is 6.10 Å². The number of rotatable bonds is 9. The van der Waals surface area contributed by atoms with Crippen molar-refractivity contribution in [3.63, 3.8) is 0 Å². The zero-order valence-corrected chi connectivity index (χ0v) is 12.1. The minimum Gasteiger partial charge on any atom is -0.494 e. The van der Waals surface area contributed by atoms with Crippen molar-refractivity contribution < 1.29 is 14.6 Å². The van der Waals surface area contributed by atoms with E-state index in [-0.39, 0.29) is 0 Å². The summed E-state index contributed by atoms with van der Waals surface area (Å²) in [5, 5.41) is 9.59. The van der Waals surface area contributed by atoms with Gasteiger partial charge in [0, 0.05) is 20.2 Å². The van der Waals surface area contributed by atoms with Gasteiger partial charge in [0.1, 0.15) is 5.75 Å². The van der Waals surface area contributed by atoms with Crippen LogP contribution in [0.5, 0.6) is 5.75 Å². The summed E-state index contributed by atoms with van der Waals surface area (Å²) in [4.78, 5) is 2.09. The molecule has 4 heteroatoms. The van der Waals surface area contributed by atoms with Gasteiger partial charge in [-0.2, -0.15) is 0 Å². The highest BCUT2D eigenvalue weighted by molar-refractivity contribution is 5.27. The second-order valence-corrected chi connectivity index (χ2v) is 4.89. The smallest absolute Gasteiger partial charge is 0.119 e. The van der Waals surface area contributed by atoms with Crippen LogP contribution in [0.4, 0.5) is 0 Å². The molecule has 0 aliphatic carbocycles. The van der Waals surface area contributed by atoms with Gasteiger partial charge in [-0.1, -0.05) is 12.1 Å². The van der Waals surface area contributed by atoms with E-state index in [1.165, 1.54) is 5.56 Å². The van der Waals surface area contributed by atoms with Crippen LogP contribution < -0.4 is 4.74 Å². The van der Waals surface area contributed by atoms with Crippen LogP contribution in [-0.4, -0.2) is 56.6 Å². The lowest BCUT2D eigenvalue weighted by atomic mass is 10.2. The summed E-state index contributed by atoms with van der Waals surface area (Å²) in [5.41, 5.74) is 1.21. The minimum atomic E-state index is -0.423. The maximum absolute atomic E-state index is 9.59. The molecule has 0 bridgehead atoms. The number of aryl methyl sites for hydroxylation is 1. The third-order valence-electron chi connectivity index (χ3n) is 2.82.